The molecule has 0 aliphatic carbocycles. The first-order chi connectivity index (χ1) is 8.11. The van der Waals surface area contributed by atoms with Crippen LogP contribution in [0.25, 0.3) is 11.1 Å². The summed E-state index contributed by atoms with van der Waals surface area (Å²) in [4.78, 5) is 10.7. The number of hydrogen-bond acceptors (Lipinski definition) is 1. The standard InChI is InChI=1S/C14H10F2O/c1-9-2-3-10(8-17)6-12(9)13-7-11(15)4-5-14(13)16/h2-8H,1H3. The Morgan fingerprint density at radius 1 is 1.00 bits per heavy atom. The lowest BCUT2D eigenvalue weighted by Gasteiger charge is -2.08. The molecule has 2 aromatic rings. The Balaban J connectivity index is 2.66. The number of rotatable bonds is 2. The summed E-state index contributed by atoms with van der Waals surface area (Å²) in [5.41, 5.74) is 1.94. The van der Waals surface area contributed by atoms with Gasteiger partial charge in [-0.3, -0.25) is 4.79 Å². The van der Waals surface area contributed by atoms with Gasteiger partial charge in [-0.05, 0) is 42.3 Å². The average molecular weight is 232 g/mol. The number of carbonyl (C=O) groups excluding carboxylic acids is 1. The molecule has 0 saturated carbocycles. The second-order valence-corrected chi connectivity index (χ2v) is 3.82. The Morgan fingerprint density at radius 3 is 2.47 bits per heavy atom. The number of halogens is 2. The zero-order chi connectivity index (χ0) is 12.4. The van der Waals surface area contributed by atoms with Gasteiger partial charge in [-0.1, -0.05) is 12.1 Å². The molecule has 0 spiro atoms. The maximum absolute atomic E-state index is 13.6. The molecule has 0 aliphatic heterocycles. The van der Waals surface area contributed by atoms with Crippen molar-refractivity contribution < 1.29 is 13.6 Å². The van der Waals surface area contributed by atoms with Crippen molar-refractivity contribution in [2.45, 2.75) is 6.92 Å². The van der Waals surface area contributed by atoms with E-state index in [1.165, 1.54) is 0 Å². The fraction of sp³-hybridized carbons (Fsp3) is 0.0714. The van der Waals surface area contributed by atoms with Crippen molar-refractivity contribution in [1.82, 2.24) is 0 Å². The van der Waals surface area contributed by atoms with Crippen molar-refractivity contribution in [3.63, 3.8) is 0 Å². The van der Waals surface area contributed by atoms with Gasteiger partial charge in [0.2, 0.25) is 0 Å². The van der Waals surface area contributed by atoms with Crippen LogP contribution in [0.1, 0.15) is 15.9 Å². The fourth-order valence-electron chi connectivity index (χ4n) is 1.71. The number of aryl methyl sites for hydroxylation is 1. The molecule has 0 amide bonds. The molecule has 1 nitrogen and oxygen atoms in total. The maximum atomic E-state index is 13.6. The zero-order valence-corrected chi connectivity index (χ0v) is 9.21. The highest BCUT2D eigenvalue weighted by Gasteiger charge is 2.09. The second kappa shape index (κ2) is 4.45. The molecule has 0 aromatic heterocycles. The molecular weight excluding hydrogens is 222 g/mol. The maximum Gasteiger partial charge on any atom is 0.150 e. The van der Waals surface area contributed by atoms with Crippen molar-refractivity contribution in [1.29, 1.82) is 0 Å². The van der Waals surface area contributed by atoms with Crippen molar-refractivity contribution in [3.05, 3.63) is 59.2 Å². The first kappa shape index (κ1) is 11.5. The number of hydrogen-bond donors (Lipinski definition) is 0. The van der Waals surface area contributed by atoms with E-state index in [1.54, 1.807) is 25.1 Å². The van der Waals surface area contributed by atoms with E-state index < -0.39 is 11.6 Å². The van der Waals surface area contributed by atoms with Crippen LogP contribution in [0.3, 0.4) is 0 Å². The summed E-state index contributed by atoms with van der Waals surface area (Å²) in [6, 6.07) is 8.19. The summed E-state index contributed by atoms with van der Waals surface area (Å²) in [5, 5.41) is 0. The highest BCUT2D eigenvalue weighted by molar-refractivity contribution is 5.80. The monoisotopic (exact) mass is 232 g/mol. The molecule has 0 radical (unpaired) electrons. The SMILES string of the molecule is Cc1ccc(C=O)cc1-c1cc(F)ccc1F. The summed E-state index contributed by atoms with van der Waals surface area (Å²) >= 11 is 0. The number of aldehydes is 1. The van der Waals surface area contributed by atoms with Gasteiger partial charge < -0.3 is 0 Å². The number of carbonyl (C=O) groups is 1. The van der Waals surface area contributed by atoms with Gasteiger partial charge in [0.1, 0.15) is 17.9 Å². The fourth-order valence-corrected chi connectivity index (χ4v) is 1.71. The van der Waals surface area contributed by atoms with Gasteiger partial charge in [-0.25, -0.2) is 8.78 Å². The third kappa shape index (κ3) is 2.23. The van der Waals surface area contributed by atoms with E-state index in [2.05, 4.69) is 0 Å². The van der Waals surface area contributed by atoms with Gasteiger partial charge >= 0.3 is 0 Å². The highest BCUT2D eigenvalue weighted by Crippen LogP contribution is 2.27. The molecule has 0 saturated heterocycles. The highest BCUT2D eigenvalue weighted by atomic mass is 19.1. The predicted molar refractivity (Wildman–Crippen MR) is 61.9 cm³/mol. The average Bonchev–Trinajstić information content (AvgIpc) is 2.33. The van der Waals surface area contributed by atoms with Gasteiger partial charge in [-0.2, -0.15) is 0 Å². The molecule has 0 N–H and O–H groups in total. The third-order valence-electron chi connectivity index (χ3n) is 2.62. The van der Waals surface area contributed by atoms with Crippen LogP contribution in [0, 0.1) is 18.6 Å². The quantitative estimate of drug-likeness (QED) is 0.720. The largest absolute Gasteiger partial charge is 0.298 e. The molecule has 0 bridgehead atoms. The number of benzene rings is 2. The summed E-state index contributed by atoms with van der Waals surface area (Å²) in [7, 11) is 0. The van der Waals surface area contributed by atoms with Crippen LogP contribution in [-0.4, -0.2) is 6.29 Å². The van der Waals surface area contributed by atoms with Gasteiger partial charge in [0.15, 0.2) is 0 Å². The lowest BCUT2D eigenvalue weighted by atomic mass is 9.98. The first-order valence-corrected chi connectivity index (χ1v) is 5.13. The van der Waals surface area contributed by atoms with E-state index >= 15 is 0 Å². The molecule has 0 fully saturated rings. The van der Waals surface area contributed by atoms with Gasteiger partial charge in [0.25, 0.3) is 0 Å². The minimum atomic E-state index is -0.502. The predicted octanol–water partition coefficient (Wildman–Crippen LogP) is 3.75. The Bertz CT molecular complexity index is 576. The van der Waals surface area contributed by atoms with Crippen molar-refractivity contribution in [2.24, 2.45) is 0 Å². The second-order valence-electron chi connectivity index (χ2n) is 3.82. The lowest BCUT2D eigenvalue weighted by Crippen LogP contribution is -1.91. The lowest BCUT2D eigenvalue weighted by molar-refractivity contribution is 0.112. The zero-order valence-electron chi connectivity index (χ0n) is 9.21. The minimum absolute atomic E-state index is 0.172. The van der Waals surface area contributed by atoms with Crippen molar-refractivity contribution in [3.8, 4) is 11.1 Å². The van der Waals surface area contributed by atoms with Gasteiger partial charge in [-0.15, -0.1) is 0 Å². The topological polar surface area (TPSA) is 17.1 Å². The third-order valence-corrected chi connectivity index (χ3v) is 2.62. The van der Waals surface area contributed by atoms with E-state index in [9.17, 15) is 13.6 Å². The van der Waals surface area contributed by atoms with Crippen LogP contribution in [0.2, 0.25) is 0 Å². The molecule has 0 aliphatic rings. The van der Waals surface area contributed by atoms with Crippen LogP contribution in [0.15, 0.2) is 36.4 Å². The van der Waals surface area contributed by atoms with E-state index in [4.69, 9.17) is 0 Å². The minimum Gasteiger partial charge on any atom is -0.298 e. The van der Waals surface area contributed by atoms with E-state index in [0.29, 0.717) is 17.4 Å². The van der Waals surface area contributed by atoms with E-state index in [0.717, 1.165) is 23.8 Å². The summed E-state index contributed by atoms with van der Waals surface area (Å²) in [5.74, 6) is -1.00. The van der Waals surface area contributed by atoms with Crippen molar-refractivity contribution >= 4 is 6.29 Å². The molecule has 0 unspecified atom stereocenters. The molecule has 0 heterocycles. The molecular formula is C14H10F2O. The first-order valence-electron chi connectivity index (χ1n) is 5.13. The van der Waals surface area contributed by atoms with E-state index in [-0.39, 0.29) is 5.56 Å². The van der Waals surface area contributed by atoms with Crippen LogP contribution < -0.4 is 0 Å². The Hall–Kier alpha value is -2.03. The van der Waals surface area contributed by atoms with Crippen LogP contribution in [0.4, 0.5) is 8.78 Å². The van der Waals surface area contributed by atoms with Crippen LogP contribution >= 0.6 is 0 Å². The smallest absolute Gasteiger partial charge is 0.150 e. The summed E-state index contributed by atoms with van der Waals surface area (Å²) in [6.07, 6.45) is 0.681. The van der Waals surface area contributed by atoms with Gasteiger partial charge in [0.05, 0.1) is 0 Å². The molecule has 86 valence electrons. The Labute approximate surface area is 97.7 Å². The van der Waals surface area contributed by atoms with Crippen LogP contribution in [-0.2, 0) is 0 Å². The Morgan fingerprint density at radius 2 is 1.76 bits per heavy atom. The normalized spacial score (nSPS) is 10.3. The molecule has 3 heteroatoms. The van der Waals surface area contributed by atoms with E-state index in [1.807, 2.05) is 0 Å². The molecule has 2 rings (SSSR count). The van der Waals surface area contributed by atoms with Crippen molar-refractivity contribution in [2.75, 3.05) is 0 Å². The van der Waals surface area contributed by atoms with Crippen LogP contribution in [0.5, 0.6) is 0 Å². The molecule has 2 aromatic carbocycles. The van der Waals surface area contributed by atoms with Gasteiger partial charge in [0, 0.05) is 11.1 Å². The molecule has 17 heavy (non-hydrogen) atoms. The molecule has 0 atom stereocenters. The summed E-state index contributed by atoms with van der Waals surface area (Å²) in [6.45, 7) is 1.79. The summed E-state index contributed by atoms with van der Waals surface area (Å²) < 4.78 is 26.7. The Kier molecular flexibility index (Phi) is 3.00.